The van der Waals surface area contributed by atoms with Gasteiger partial charge in [-0.1, -0.05) is 37.3 Å². The smallest absolute Gasteiger partial charge is 0.251 e. The van der Waals surface area contributed by atoms with E-state index >= 15 is 0 Å². The van der Waals surface area contributed by atoms with Crippen LogP contribution in [0, 0.1) is 0 Å². The van der Waals surface area contributed by atoms with Crippen LogP contribution >= 0.6 is 0 Å². The van der Waals surface area contributed by atoms with Crippen molar-refractivity contribution in [1.29, 1.82) is 0 Å². The molecule has 0 fully saturated rings. The van der Waals surface area contributed by atoms with Crippen molar-refractivity contribution in [3.05, 3.63) is 65.2 Å². The summed E-state index contributed by atoms with van der Waals surface area (Å²) in [6.45, 7) is 3.06. The van der Waals surface area contributed by atoms with Crippen LogP contribution in [0.1, 0.15) is 34.3 Å². The Morgan fingerprint density at radius 2 is 1.92 bits per heavy atom. The topological polar surface area (TPSA) is 66.5 Å². The molecule has 0 spiro atoms. The van der Waals surface area contributed by atoms with Gasteiger partial charge in [0, 0.05) is 18.7 Å². The fourth-order valence-electron chi connectivity index (χ4n) is 3.10. The highest BCUT2D eigenvalue weighted by Crippen LogP contribution is 2.30. The molecule has 0 aromatic heterocycles. The highest BCUT2D eigenvalue weighted by Gasteiger charge is 2.26. The van der Waals surface area contributed by atoms with Crippen molar-refractivity contribution in [3.63, 3.8) is 0 Å². The van der Waals surface area contributed by atoms with Gasteiger partial charge in [-0.05, 0) is 41.7 Å². The van der Waals surface area contributed by atoms with Crippen LogP contribution in [0.4, 0.5) is 5.69 Å². The normalized spacial score (nSPS) is 14.9. The maximum atomic E-state index is 12.4. The quantitative estimate of drug-likeness (QED) is 0.893. The van der Waals surface area contributed by atoms with Gasteiger partial charge in [0.2, 0.25) is 10.0 Å². The molecule has 0 saturated heterocycles. The molecule has 2 aromatic carbocycles. The van der Waals surface area contributed by atoms with Crippen LogP contribution in [-0.2, 0) is 16.4 Å². The summed E-state index contributed by atoms with van der Waals surface area (Å²) in [5.74, 6) is 0.0867. The summed E-state index contributed by atoms with van der Waals surface area (Å²) in [5, 5.41) is 2.96. The summed E-state index contributed by atoms with van der Waals surface area (Å²) >= 11 is 0. The highest BCUT2D eigenvalue weighted by molar-refractivity contribution is 7.92. The van der Waals surface area contributed by atoms with E-state index in [1.807, 2.05) is 30.3 Å². The van der Waals surface area contributed by atoms with Crippen LogP contribution < -0.4 is 9.62 Å². The van der Waals surface area contributed by atoms with Crippen LogP contribution in [0.3, 0.4) is 0 Å². The first-order chi connectivity index (χ1) is 11.9. The summed E-state index contributed by atoms with van der Waals surface area (Å²) in [5.41, 5.74) is 3.32. The third-order valence-electron chi connectivity index (χ3n) is 4.53. The third kappa shape index (κ3) is 3.85. The molecule has 0 bridgehead atoms. The molecule has 1 amide bonds. The van der Waals surface area contributed by atoms with Crippen LogP contribution in [0.25, 0.3) is 0 Å². The molecule has 0 aliphatic carbocycles. The van der Waals surface area contributed by atoms with Crippen molar-refractivity contribution in [2.24, 2.45) is 0 Å². The van der Waals surface area contributed by atoms with E-state index in [0.29, 0.717) is 30.8 Å². The van der Waals surface area contributed by atoms with Crippen molar-refractivity contribution in [1.82, 2.24) is 5.32 Å². The Morgan fingerprint density at radius 1 is 1.20 bits per heavy atom. The molecular formula is C19H22N2O3S. The molecule has 0 radical (unpaired) electrons. The Balaban J connectivity index is 1.68. The van der Waals surface area contributed by atoms with Gasteiger partial charge >= 0.3 is 0 Å². The number of carbonyl (C=O) groups is 1. The van der Waals surface area contributed by atoms with Gasteiger partial charge in [0.15, 0.2) is 0 Å². The van der Waals surface area contributed by atoms with E-state index in [-0.39, 0.29) is 11.8 Å². The third-order valence-corrected chi connectivity index (χ3v) is 5.71. The summed E-state index contributed by atoms with van der Waals surface area (Å²) < 4.78 is 24.9. The number of rotatable bonds is 5. The number of nitrogens with zero attached hydrogens (tertiary/aromatic N) is 1. The molecular weight excluding hydrogens is 336 g/mol. The fourth-order valence-corrected chi connectivity index (χ4v) is 4.06. The Hall–Kier alpha value is -2.34. The number of fused-ring (bicyclic) bond motifs is 1. The molecule has 6 heteroatoms. The fraction of sp³-hybridized carbons (Fsp3) is 0.316. The first-order valence-corrected chi connectivity index (χ1v) is 10.1. The van der Waals surface area contributed by atoms with Crippen molar-refractivity contribution in [2.45, 2.75) is 19.3 Å². The molecule has 1 aliphatic rings. The molecule has 1 heterocycles. The first-order valence-electron chi connectivity index (χ1n) is 8.30. The molecule has 1 N–H and O–H groups in total. The van der Waals surface area contributed by atoms with Crippen LogP contribution in [0.15, 0.2) is 48.5 Å². The molecule has 3 rings (SSSR count). The number of hydrogen-bond acceptors (Lipinski definition) is 3. The first kappa shape index (κ1) is 17.5. The van der Waals surface area contributed by atoms with Gasteiger partial charge in [0.05, 0.1) is 11.9 Å². The predicted octanol–water partition coefficient (Wildman–Crippen LogP) is 2.54. The zero-order valence-electron chi connectivity index (χ0n) is 14.4. The second-order valence-electron chi connectivity index (χ2n) is 6.45. The Kier molecular flexibility index (Phi) is 4.81. The standard InChI is InChI=1S/C19H22N2O3S/c1-14(15-6-4-3-5-7-15)13-20-19(22)17-8-9-18-16(12-17)10-11-21(18)25(2,23)24/h3-9,12,14H,10-11,13H2,1-2H3,(H,20,22)/t14-/m0/s1. The van der Waals surface area contributed by atoms with Gasteiger partial charge in [-0.2, -0.15) is 0 Å². The average molecular weight is 358 g/mol. The van der Waals surface area contributed by atoms with Crippen molar-refractivity contribution in [2.75, 3.05) is 23.7 Å². The Labute approximate surface area is 148 Å². The van der Waals surface area contributed by atoms with Crippen molar-refractivity contribution >= 4 is 21.6 Å². The molecule has 0 unspecified atom stereocenters. The summed E-state index contributed by atoms with van der Waals surface area (Å²) in [4.78, 5) is 12.4. The second kappa shape index (κ2) is 6.88. The zero-order valence-corrected chi connectivity index (χ0v) is 15.2. The lowest BCUT2D eigenvalue weighted by atomic mass is 10.0. The molecule has 0 saturated carbocycles. The second-order valence-corrected chi connectivity index (χ2v) is 8.36. The lowest BCUT2D eigenvalue weighted by Crippen LogP contribution is -2.28. The number of anilines is 1. The minimum atomic E-state index is -3.27. The van der Waals surface area contributed by atoms with Gasteiger partial charge < -0.3 is 5.32 Å². The van der Waals surface area contributed by atoms with Gasteiger partial charge in [0.25, 0.3) is 5.91 Å². The van der Waals surface area contributed by atoms with Crippen LogP contribution in [-0.4, -0.2) is 33.7 Å². The molecule has 5 nitrogen and oxygen atoms in total. The Morgan fingerprint density at radius 3 is 2.60 bits per heavy atom. The average Bonchev–Trinajstić information content (AvgIpc) is 3.03. The number of amides is 1. The van der Waals surface area contributed by atoms with E-state index in [2.05, 4.69) is 12.2 Å². The minimum Gasteiger partial charge on any atom is -0.351 e. The van der Waals surface area contributed by atoms with Crippen molar-refractivity contribution < 1.29 is 13.2 Å². The van der Waals surface area contributed by atoms with E-state index < -0.39 is 10.0 Å². The number of hydrogen-bond donors (Lipinski definition) is 1. The van der Waals surface area contributed by atoms with E-state index in [0.717, 1.165) is 5.56 Å². The SMILES string of the molecule is C[C@@H](CNC(=O)c1ccc2c(c1)CCN2S(C)(=O)=O)c1ccccc1. The van der Waals surface area contributed by atoms with Gasteiger partial charge in [-0.25, -0.2) is 8.42 Å². The number of sulfonamides is 1. The zero-order chi connectivity index (χ0) is 18.0. The van der Waals surface area contributed by atoms with E-state index in [1.165, 1.54) is 16.1 Å². The lowest BCUT2D eigenvalue weighted by molar-refractivity contribution is 0.0951. The monoisotopic (exact) mass is 358 g/mol. The van der Waals surface area contributed by atoms with E-state index in [9.17, 15) is 13.2 Å². The highest BCUT2D eigenvalue weighted by atomic mass is 32.2. The number of nitrogens with one attached hydrogen (secondary N) is 1. The maximum absolute atomic E-state index is 12.4. The minimum absolute atomic E-state index is 0.136. The summed E-state index contributed by atoms with van der Waals surface area (Å²) in [6.07, 6.45) is 1.83. The summed E-state index contributed by atoms with van der Waals surface area (Å²) in [7, 11) is -3.27. The van der Waals surface area contributed by atoms with Gasteiger partial charge in [-0.3, -0.25) is 9.10 Å². The number of benzene rings is 2. The number of carbonyl (C=O) groups excluding carboxylic acids is 1. The van der Waals surface area contributed by atoms with Gasteiger partial charge in [0.1, 0.15) is 0 Å². The molecule has 25 heavy (non-hydrogen) atoms. The van der Waals surface area contributed by atoms with E-state index in [4.69, 9.17) is 0 Å². The van der Waals surface area contributed by atoms with Crippen molar-refractivity contribution in [3.8, 4) is 0 Å². The van der Waals surface area contributed by atoms with E-state index in [1.54, 1.807) is 18.2 Å². The maximum Gasteiger partial charge on any atom is 0.251 e. The van der Waals surface area contributed by atoms with Crippen LogP contribution in [0.5, 0.6) is 0 Å². The molecule has 2 aromatic rings. The molecule has 1 aliphatic heterocycles. The molecule has 1 atom stereocenters. The largest absolute Gasteiger partial charge is 0.351 e. The van der Waals surface area contributed by atoms with Gasteiger partial charge in [-0.15, -0.1) is 0 Å². The lowest BCUT2D eigenvalue weighted by Gasteiger charge is -2.17. The summed E-state index contributed by atoms with van der Waals surface area (Å²) in [6, 6.07) is 15.2. The molecule has 132 valence electrons. The predicted molar refractivity (Wildman–Crippen MR) is 99.5 cm³/mol. The Bertz CT molecular complexity index is 879. The van der Waals surface area contributed by atoms with Crippen LogP contribution in [0.2, 0.25) is 0 Å².